The highest BCUT2D eigenvalue weighted by molar-refractivity contribution is 6.51. The van der Waals surface area contributed by atoms with Gasteiger partial charge in [0.2, 0.25) is 9.04 Å². The van der Waals surface area contributed by atoms with Crippen LogP contribution in [0, 0.1) is 0 Å². The summed E-state index contributed by atoms with van der Waals surface area (Å²) in [5.74, 6) is 0. The SMILES string of the molecule is CC1(C)OCC(Cl)(Cl)OC1(Cl)Cl. The first-order chi connectivity index (χ1) is 5.16. The van der Waals surface area contributed by atoms with Crippen molar-refractivity contribution in [1.29, 1.82) is 0 Å². The Hall–Kier alpha value is 1.08. The van der Waals surface area contributed by atoms with Crippen molar-refractivity contribution in [3.8, 4) is 0 Å². The molecule has 0 bridgehead atoms. The number of ether oxygens (including phenoxy) is 2. The van der Waals surface area contributed by atoms with E-state index in [-0.39, 0.29) is 6.61 Å². The summed E-state index contributed by atoms with van der Waals surface area (Å²) in [7, 11) is 0. The average Bonchev–Trinajstić information content (AvgIpc) is 1.79. The monoisotopic (exact) mass is 252 g/mol. The maximum atomic E-state index is 5.80. The Labute approximate surface area is 91.0 Å². The number of hydrogen-bond acceptors (Lipinski definition) is 2. The van der Waals surface area contributed by atoms with E-state index < -0.39 is 14.6 Å². The molecule has 1 aliphatic rings. The van der Waals surface area contributed by atoms with Crippen molar-refractivity contribution in [2.75, 3.05) is 6.61 Å². The van der Waals surface area contributed by atoms with E-state index >= 15 is 0 Å². The predicted octanol–water partition coefficient (Wildman–Crippen LogP) is 3.07. The van der Waals surface area contributed by atoms with E-state index in [9.17, 15) is 0 Å². The molecule has 0 aromatic carbocycles. The standard InChI is InChI=1S/C6H8Cl4O2/c1-4(2)6(9,10)12-5(7,8)3-11-4/h3H2,1-2H3. The Balaban J connectivity index is 2.82. The van der Waals surface area contributed by atoms with E-state index in [2.05, 4.69) is 0 Å². The lowest BCUT2D eigenvalue weighted by Crippen LogP contribution is -2.55. The molecule has 0 aromatic heterocycles. The van der Waals surface area contributed by atoms with Gasteiger partial charge in [-0.25, -0.2) is 0 Å². The lowest BCUT2D eigenvalue weighted by Gasteiger charge is -2.45. The second-order valence-corrected chi connectivity index (χ2v) is 5.73. The van der Waals surface area contributed by atoms with E-state index in [1.807, 2.05) is 0 Å². The minimum Gasteiger partial charge on any atom is -0.364 e. The van der Waals surface area contributed by atoms with Crippen LogP contribution in [0.25, 0.3) is 0 Å². The molecule has 0 radical (unpaired) electrons. The Bertz CT molecular complexity index is 190. The molecule has 12 heavy (non-hydrogen) atoms. The molecular formula is C6H8Cl4O2. The topological polar surface area (TPSA) is 18.5 Å². The summed E-state index contributed by atoms with van der Waals surface area (Å²) in [6.45, 7) is 3.41. The quantitative estimate of drug-likeness (QED) is 0.618. The molecular weight excluding hydrogens is 246 g/mol. The van der Waals surface area contributed by atoms with Gasteiger partial charge in [0.05, 0.1) is 0 Å². The zero-order valence-electron chi connectivity index (χ0n) is 6.54. The molecule has 1 heterocycles. The fraction of sp³-hybridized carbons (Fsp3) is 1.00. The third-order valence-electron chi connectivity index (χ3n) is 1.58. The molecule has 0 amide bonds. The van der Waals surface area contributed by atoms with Gasteiger partial charge in [0.15, 0.2) is 0 Å². The molecule has 0 unspecified atom stereocenters. The van der Waals surface area contributed by atoms with Crippen LogP contribution in [-0.2, 0) is 9.47 Å². The molecule has 0 N–H and O–H groups in total. The first kappa shape index (κ1) is 11.2. The van der Waals surface area contributed by atoms with E-state index in [0.717, 1.165) is 0 Å². The molecule has 72 valence electrons. The highest BCUT2D eigenvalue weighted by Crippen LogP contribution is 2.47. The van der Waals surface area contributed by atoms with E-state index in [4.69, 9.17) is 55.9 Å². The third-order valence-corrected chi connectivity index (χ3v) is 3.02. The summed E-state index contributed by atoms with van der Waals surface area (Å²) in [4.78, 5) is 0. The molecule has 0 aromatic rings. The third kappa shape index (κ3) is 2.11. The highest BCUT2D eigenvalue weighted by Gasteiger charge is 2.54. The van der Waals surface area contributed by atoms with Gasteiger partial charge in [0, 0.05) is 0 Å². The van der Waals surface area contributed by atoms with Gasteiger partial charge >= 0.3 is 0 Å². The van der Waals surface area contributed by atoms with Gasteiger partial charge < -0.3 is 9.47 Å². The first-order valence-electron chi connectivity index (χ1n) is 3.26. The van der Waals surface area contributed by atoms with Crippen molar-refractivity contribution < 1.29 is 9.47 Å². The molecule has 0 saturated carbocycles. The molecule has 2 nitrogen and oxygen atoms in total. The van der Waals surface area contributed by atoms with Crippen LogP contribution in [0.3, 0.4) is 0 Å². The predicted molar refractivity (Wildman–Crippen MR) is 50.0 cm³/mol. The summed E-state index contributed by atoms with van der Waals surface area (Å²) in [6.07, 6.45) is 0. The maximum absolute atomic E-state index is 5.80. The van der Waals surface area contributed by atoms with E-state index in [0.29, 0.717) is 0 Å². The van der Waals surface area contributed by atoms with Crippen LogP contribution >= 0.6 is 46.4 Å². The van der Waals surface area contributed by atoms with Gasteiger partial charge in [-0.05, 0) is 13.8 Å². The fourth-order valence-electron chi connectivity index (χ4n) is 0.688. The summed E-state index contributed by atoms with van der Waals surface area (Å²) in [5.41, 5.74) is -0.830. The normalized spacial score (nSPS) is 31.5. The molecule has 1 fully saturated rings. The van der Waals surface area contributed by atoms with E-state index in [1.165, 1.54) is 0 Å². The largest absolute Gasteiger partial charge is 0.364 e. The van der Waals surface area contributed by atoms with Crippen LogP contribution in [-0.4, -0.2) is 21.2 Å². The Morgan fingerprint density at radius 3 is 1.92 bits per heavy atom. The number of rotatable bonds is 0. The van der Waals surface area contributed by atoms with Crippen LogP contribution in [0.4, 0.5) is 0 Å². The molecule has 1 aliphatic heterocycles. The van der Waals surface area contributed by atoms with Gasteiger partial charge in [-0.1, -0.05) is 46.4 Å². The Morgan fingerprint density at radius 1 is 1.08 bits per heavy atom. The van der Waals surface area contributed by atoms with Crippen LogP contribution in [0.1, 0.15) is 13.8 Å². The molecule has 1 rings (SSSR count). The van der Waals surface area contributed by atoms with Crippen molar-refractivity contribution in [1.82, 2.24) is 0 Å². The summed E-state index contributed by atoms with van der Waals surface area (Å²) < 4.78 is 7.25. The Kier molecular flexibility index (Phi) is 2.83. The van der Waals surface area contributed by atoms with Crippen molar-refractivity contribution in [3.05, 3.63) is 0 Å². The highest BCUT2D eigenvalue weighted by atomic mass is 35.5. The zero-order valence-corrected chi connectivity index (χ0v) is 9.56. The van der Waals surface area contributed by atoms with Crippen LogP contribution in [0.2, 0.25) is 0 Å². The van der Waals surface area contributed by atoms with Gasteiger partial charge in [0.1, 0.15) is 12.2 Å². The molecule has 0 spiro atoms. The smallest absolute Gasteiger partial charge is 0.249 e. The molecule has 6 heteroatoms. The second-order valence-electron chi connectivity index (χ2n) is 3.06. The van der Waals surface area contributed by atoms with E-state index in [1.54, 1.807) is 13.8 Å². The fourth-order valence-corrected chi connectivity index (χ4v) is 1.56. The number of alkyl halides is 4. The summed E-state index contributed by atoms with van der Waals surface area (Å²) >= 11 is 22.9. The number of halogens is 4. The van der Waals surface area contributed by atoms with Crippen molar-refractivity contribution >= 4 is 46.4 Å². The zero-order chi connectivity index (χ0) is 9.62. The second kappa shape index (κ2) is 3.04. The van der Waals surface area contributed by atoms with Crippen LogP contribution < -0.4 is 0 Å². The first-order valence-corrected chi connectivity index (χ1v) is 4.77. The average molecular weight is 254 g/mol. The number of hydrogen-bond donors (Lipinski definition) is 0. The maximum Gasteiger partial charge on any atom is 0.249 e. The van der Waals surface area contributed by atoms with Gasteiger partial charge in [-0.3, -0.25) is 0 Å². The van der Waals surface area contributed by atoms with Gasteiger partial charge in [-0.2, -0.15) is 0 Å². The van der Waals surface area contributed by atoms with Crippen molar-refractivity contribution in [2.45, 2.75) is 28.5 Å². The Morgan fingerprint density at radius 2 is 1.58 bits per heavy atom. The minimum absolute atomic E-state index is 0.0320. The molecule has 0 aliphatic carbocycles. The summed E-state index contributed by atoms with van der Waals surface area (Å²) in [6, 6.07) is 0. The van der Waals surface area contributed by atoms with Crippen molar-refractivity contribution in [3.63, 3.8) is 0 Å². The molecule has 1 saturated heterocycles. The lowest BCUT2D eigenvalue weighted by atomic mass is 10.1. The van der Waals surface area contributed by atoms with Gasteiger partial charge in [0.25, 0.3) is 0 Å². The van der Waals surface area contributed by atoms with Crippen LogP contribution in [0.15, 0.2) is 0 Å². The van der Waals surface area contributed by atoms with Gasteiger partial charge in [-0.15, -0.1) is 0 Å². The minimum atomic E-state index is -1.53. The molecule has 0 atom stereocenters. The van der Waals surface area contributed by atoms with Crippen molar-refractivity contribution in [2.24, 2.45) is 0 Å². The lowest BCUT2D eigenvalue weighted by molar-refractivity contribution is -0.201. The summed E-state index contributed by atoms with van der Waals surface area (Å²) in [5, 5.41) is 0. The van der Waals surface area contributed by atoms with Crippen LogP contribution in [0.5, 0.6) is 0 Å².